The predicted octanol–water partition coefficient (Wildman–Crippen LogP) is 3.31. The zero-order valence-electron chi connectivity index (χ0n) is 7.93. The highest BCUT2D eigenvalue weighted by molar-refractivity contribution is 9.10. The van der Waals surface area contributed by atoms with Crippen LogP contribution in [0.25, 0.3) is 0 Å². The quantitative estimate of drug-likeness (QED) is 0.862. The van der Waals surface area contributed by atoms with Crippen LogP contribution in [0, 0.1) is 11.6 Å². The van der Waals surface area contributed by atoms with E-state index in [4.69, 9.17) is 5.11 Å². The van der Waals surface area contributed by atoms with Gasteiger partial charge in [0.2, 0.25) is 0 Å². The number of hydrogen-bond acceptors (Lipinski definition) is 1. The standard InChI is InChI=1S/C10H9BrF2O2/c1-2-5(10(14)15)8-7(12)4-3-6(11)9(8)13/h3-5H,2H2,1H3,(H,14,15). The average Bonchev–Trinajstić information content (AvgIpc) is 2.18. The molecule has 0 aromatic heterocycles. The van der Waals surface area contributed by atoms with E-state index in [-0.39, 0.29) is 16.5 Å². The van der Waals surface area contributed by atoms with Gasteiger partial charge in [-0.25, -0.2) is 8.78 Å². The van der Waals surface area contributed by atoms with Crippen molar-refractivity contribution < 1.29 is 18.7 Å². The zero-order chi connectivity index (χ0) is 11.6. The Morgan fingerprint density at radius 3 is 2.60 bits per heavy atom. The lowest BCUT2D eigenvalue weighted by molar-refractivity contribution is -0.139. The third-order valence-electron chi connectivity index (χ3n) is 2.13. The summed E-state index contributed by atoms with van der Waals surface area (Å²) in [7, 11) is 0. The molecule has 0 saturated heterocycles. The first-order chi connectivity index (χ1) is 6.99. The molecule has 0 amide bonds. The molecule has 1 atom stereocenters. The van der Waals surface area contributed by atoms with Crippen molar-refractivity contribution >= 4 is 21.9 Å². The monoisotopic (exact) mass is 278 g/mol. The van der Waals surface area contributed by atoms with E-state index in [2.05, 4.69) is 15.9 Å². The zero-order valence-corrected chi connectivity index (χ0v) is 9.51. The minimum atomic E-state index is -1.23. The van der Waals surface area contributed by atoms with E-state index in [0.717, 1.165) is 6.07 Å². The maximum atomic E-state index is 13.5. The number of benzene rings is 1. The van der Waals surface area contributed by atoms with Crippen LogP contribution in [0.2, 0.25) is 0 Å². The van der Waals surface area contributed by atoms with Crippen LogP contribution in [0.3, 0.4) is 0 Å². The molecule has 82 valence electrons. The molecule has 0 aliphatic heterocycles. The largest absolute Gasteiger partial charge is 0.481 e. The van der Waals surface area contributed by atoms with E-state index >= 15 is 0 Å². The van der Waals surface area contributed by atoms with Gasteiger partial charge in [-0.05, 0) is 34.5 Å². The van der Waals surface area contributed by atoms with Crippen molar-refractivity contribution in [3.63, 3.8) is 0 Å². The fourth-order valence-electron chi connectivity index (χ4n) is 1.36. The molecule has 0 bridgehead atoms. The molecular weight excluding hydrogens is 270 g/mol. The smallest absolute Gasteiger partial charge is 0.311 e. The van der Waals surface area contributed by atoms with Gasteiger partial charge in [-0.3, -0.25) is 4.79 Å². The van der Waals surface area contributed by atoms with Gasteiger partial charge in [0.1, 0.15) is 11.6 Å². The van der Waals surface area contributed by atoms with Gasteiger partial charge < -0.3 is 5.11 Å². The molecule has 1 rings (SSSR count). The third kappa shape index (κ3) is 2.34. The van der Waals surface area contributed by atoms with Crippen molar-refractivity contribution in [3.8, 4) is 0 Å². The third-order valence-corrected chi connectivity index (χ3v) is 2.75. The highest BCUT2D eigenvalue weighted by Gasteiger charge is 2.26. The molecule has 0 heterocycles. The van der Waals surface area contributed by atoms with E-state index in [1.165, 1.54) is 6.07 Å². The Hall–Kier alpha value is -0.970. The first-order valence-corrected chi connectivity index (χ1v) is 5.14. The number of rotatable bonds is 3. The molecule has 0 aliphatic rings. The molecule has 1 aromatic rings. The number of aliphatic carboxylic acids is 1. The Bertz CT molecular complexity index is 393. The van der Waals surface area contributed by atoms with E-state index in [9.17, 15) is 13.6 Å². The number of carbonyl (C=O) groups is 1. The molecule has 0 aliphatic carbocycles. The van der Waals surface area contributed by atoms with Crippen LogP contribution in [0.15, 0.2) is 16.6 Å². The SMILES string of the molecule is CCC(C(=O)O)c1c(F)ccc(Br)c1F. The Kier molecular flexibility index (Phi) is 3.79. The van der Waals surface area contributed by atoms with Gasteiger partial charge >= 0.3 is 5.97 Å². The number of carboxylic acid groups (broad SMARTS) is 1. The molecule has 2 nitrogen and oxygen atoms in total. The van der Waals surface area contributed by atoms with E-state index in [1.54, 1.807) is 6.92 Å². The van der Waals surface area contributed by atoms with E-state index in [0.29, 0.717) is 0 Å². The fourth-order valence-corrected chi connectivity index (χ4v) is 1.71. The highest BCUT2D eigenvalue weighted by Crippen LogP contribution is 2.29. The van der Waals surface area contributed by atoms with Gasteiger partial charge in [0.15, 0.2) is 0 Å². The molecular formula is C10H9BrF2O2. The van der Waals surface area contributed by atoms with Crippen molar-refractivity contribution in [2.45, 2.75) is 19.3 Å². The van der Waals surface area contributed by atoms with Gasteiger partial charge in [-0.1, -0.05) is 6.92 Å². The van der Waals surface area contributed by atoms with Crippen molar-refractivity contribution in [1.82, 2.24) is 0 Å². The molecule has 1 N–H and O–H groups in total. The van der Waals surface area contributed by atoms with E-state index in [1.807, 2.05) is 0 Å². The summed E-state index contributed by atoms with van der Waals surface area (Å²) >= 11 is 2.89. The van der Waals surface area contributed by atoms with E-state index < -0.39 is 23.5 Å². The van der Waals surface area contributed by atoms with Crippen LogP contribution in [0.5, 0.6) is 0 Å². The van der Waals surface area contributed by atoms with Crippen molar-refractivity contribution in [3.05, 3.63) is 33.8 Å². The summed E-state index contributed by atoms with van der Waals surface area (Å²) in [6.07, 6.45) is 0.139. The molecule has 0 radical (unpaired) electrons. The first kappa shape index (κ1) is 12.1. The maximum absolute atomic E-state index is 13.5. The molecule has 1 unspecified atom stereocenters. The van der Waals surface area contributed by atoms with Crippen LogP contribution in [-0.2, 0) is 4.79 Å². The van der Waals surface area contributed by atoms with Crippen LogP contribution < -0.4 is 0 Å². The normalized spacial score (nSPS) is 12.5. The molecule has 0 fully saturated rings. The highest BCUT2D eigenvalue weighted by atomic mass is 79.9. The van der Waals surface area contributed by atoms with Crippen LogP contribution in [-0.4, -0.2) is 11.1 Å². The summed E-state index contributed by atoms with van der Waals surface area (Å²) in [6.45, 7) is 1.57. The second kappa shape index (κ2) is 4.70. The average molecular weight is 279 g/mol. The lowest BCUT2D eigenvalue weighted by atomic mass is 9.95. The summed E-state index contributed by atoms with van der Waals surface area (Å²) < 4.78 is 26.9. The lowest BCUT2D eigenvalue weighted by Gasteiger charge is -2.12. The number of carboxylic acids is 1. The summed E-state index contributed by atoms with van der Waals surface area (Å²) in [5, 5.41) is 8.82. The number of halogens is 3. The Balaban J connectivity index is 3.34. The van der Waals surface area contributed by atoms with Crippen LogP contribution in [0.1, 0.15) is 24.8 Å². The topological polar surface area (TPSA) is 37.3 Å². The van der Waals surface area contributed by atoms with Crippen LogP contribution >= 0.6 is 15.9 Å². The van der Waals surface area contributed by atoms with Crippen molar-refractivity contribution in [2.24, 2.45) is 0 Å². The minimum Gasteiger partial charge on any atom is -0.481 e. The number of hydrogen-bond donors (Lipinski definition) is 1. The maximum Gasteiger partial charge on any atom is 0.311 e. The van der Waals surface area contributed by atoms with Crippen LogP contribution in [0.4, 0.5) is 8.78 Å². The molecule has 15 heavy (non-hydrogen) atoms. The lowest BCUT2D eigenvalue weighted by Crippen LogP contribution is -2.14. The molecule has 0 spiro atoms. The van der Waals surface area contributed by atoms with Crippen molar-refractivity contribution in [1.29, 1.82) is 0 Å². The Labute approximate surface area is 94.0 Å². The summed E-state index contributed by atoms with van der Waals surface area (Å²) in [5.41, 5.74) is -0.389. The van der Waals surface area contributed by atoms with Crippen molar-refractivity contribution in [2.75, 3.05) is 0 Å². The summed E-state index contributed by atoms with van der Waals surface area (Å²) in [5.74, 6) is -4.05. The van der Waals surface area contributed by atoms with Gasteiger partial charge in [0, 0.05) is 5.56 Å². The molecule has 1 aromatic carbocycles. The second-order valence-corrected chi connectivity index (χ2v) is 3.91. The second-order valence-electron chi connectivity index (χ2n) is 3.06. The predicted molar refractivity (Wildman–Crippen MR) is 54.7 cm³/mol. The Morgan fingerprint density at radius 1 is 1.53 bits per heavy atom. The Morgan fingerprint density at radius 2 is 2.13 bits per heavy atom. The molecule has 5 heteroatoms. The molecule has 0 saturated carbocycles. The fraction of sp³-hybridized carbons (Fsp3) is 0.300. The first-order valence-electron chi connectivity index (χ1n) is 4.35. The van der Waals surface area contributed by atoms with Gasteiger partial charge in [-0.15, -0.1) is 0 Å². The van der Waals surface area contributed by atoms with Gasteiger partial charge in [0.25, 0.3) is 0 Å². The summed E-state index contributed by atoms with van der Waals surface area (Å²) in [6, 6.07) is 2.26. The minimum absolute atomic E-state index is 0.0681. The summed E-state index contributed by atoms with van der Waals surface area (Å²) in [4.78, 5) is 10.8. The van der Waals surface area contributed by atoms with Gasteiger partial charge in [0.05, 0.1) is 10.4 Å². The van der Waals surface area contributed by atoms with Gasteiger partial charge in [-0.2, -0.15) is 0 Å².